The average molecular weight is 444 g/mol. The van der Waals surface area contributed by atoms with Gasteiger partial charge in [-0.25, -0.2) is 0 Å². The molecule has 2 atom stereocenters. The molecule has 4 heteroatoms. The van der Waals surface area contributed by atoms with Gasteiger partial charge < -0.3 is 15.3 Å². The van der Waals surface area contributed by atoms with Gasteiger partial charge in [-0.3, -0.25) is 4.79 Å². The minimum Gasteiger partial charge on any atom is -0.508 e. The highest BCUT2D eigenvalue weighted by Crippen LogP contribution is 2.33. The highest BCUT2D eigenvalue weighted by atomic mass is 16.3. The third-order valence-electron chi connectivity index (χ3n) is 7.11. The molecule has 0 aromatic heterocycles. The lowest BCUT2D eigenvalue weighted by molar-refractivity contribution is -0.899. The normalized spacial score (nSPS) is 20.1. The van der Waals surface area contributed by atoms with Crippen LogP contribution in [0.15, 0.2) is 72.8 Å². The molecule has 0 saturated carbocycles. The topological polar surface area (TPSA) is 63.3 Å². The Morgan fingerprint density at radius 2 is 1.76 bits per heavy atom. The van der Waals surface area contributed by atoms with Crippen molar-refractivity contribution in [2.45, 2.75) is 32.1 Å². The lowest BCUT2D eigenvalue weighted by Gasteiger charge is -2.30. The highest BCUT2D eigenvalue weighted by Gasteiger charge is 2.34. The van der Waals surface area contributed by atoms with E-state index in [2.05, 4.69) is 43.4 Å². The molecule has 3 aromatic carbocycles. The van der Waals surface area contributed by atoms with Crippen LogP contribution in [-0.4, -0.2) is 42.2 Å². The summed E-state index contributed by atoms with van der Waals surface area (Å²) in [5.74, 6) is 0.390. The number of unbranched alkanes of at least 4 members (excludes halogenated alkanes) is 1. The molecule has 0 spiro atoms. The number of phenols is 1. The molecular weight excluding hydrogens is 408 g/mol. The second kappa shape index (κ2) is 10.2. The van der Waals surface area contributed by atoms with Gasteiger partial charge in [-0.05, 0) is 66.1 Å². The van der Waals surface area contributed by atoms with E-state index in [0.717, 1.165) is 28.5 Å². The van der Waals surface area contributed by atoms with E-state index in [1.807, 2.05) is 18.2 Å². The monoisotopic (exact) mass is 443 g/mol. The molecule has 1 aliphatic rings. The van der Waals surface area contributed by atoms with Gasteiger partial charge in [0.1, 0.15) is 5.75 Å². The molecule has 1 heterocycles. The number of amides is 1. The summed E-state index contributed by atoms with van der Waals surface area (Å²) in [5.41, 5.74) is 10.7. The van der Waals surface area contributed by atoms with Crippen molar-refractivity contribution >= 4 is 5.91 Å². The molecular formula is C29H35N2O2+. The third-order valence-corrected chi connectivity index (χ3v) is 7.11. The molecule has 1 aliphatic heterocycles. The van der Waals surface area contributed by atoms with Crippen LogP contribution in [0.5, 0.6) is 5.75 Å². The maximum atomic E-state index is 12.2. The van der Waals surface area contributed by atoms with Crippen molar-refractivity contribution in [3.05, 3.63) is 89.5 Å². The van der Waals surface area contributed by atoms with Crippen molar-refractivity contribution in [3.63, 3.8) is 0 Å². The number of phenolic OH excluding ortho intramolecular Hbond substituents is 1. The van der Waals surface area contributed by atoms with Crippen molar-refractivity contribution in [1.29, 1.82) is 0 Å². The smallest absolute Gasteiger partial charge is 0.249 e. The van der Waals surface area contributed by atoms with Crippen molar-refractivity contribution in [1.82, 2.24) is 0 Å². The molecule has 4 rings (SSSR count). The van der Waals surface area contributed by atoms with Crippen LogP contribution in [0.1, 0.15) is 40.7 Å². The standard InChI is InChI=1S/C29H34N2O2/c1-31(18-6-5-10-22-8-3-2-4-9-22)19-17-23(21-31)20-25-11-7-12-27(29(30)33)28(25)24-13-15-26(32)16-14-24/h2-4,7-9,11-16,23H,5-6,10,17-21H2,1H3,(H2-,30,32,33)/p+1/t23?,31-/m0/s1. The number of aryl methyl sites for hydroxylation is 1. The molecule has 3 N–H and O–H groups in total. The molecule has 3 aromatic rings. The molecule has 1 fully saturated rings. The lowest BCUT2D eigenvalue weighted by Crippen LogP contribution is -2.42. The zero-order valence-electron chi connectivity index (χ0n) is 19.5. The number of nitrogens with two attached hydrogens (primary N) is 1. The van der Waals surface area contributed by atoms with Crippen LogP contribution in [-0.2, 0) is 12.8 Å². The highest BCUT2D eigenvalue weighted by molar-refractivity contribution is 6.00. The van der Waals surface area contributed by atoms with Crippen LogP contribution in [0.2, 0.25) is 0 Å². The zero-order valence-corrected chi connectivity index (χ0v) is 19.5. The Hall–Kier alpha value is -3.11. The number of rotatable bonds is 9. The summed E-state index contributed by atoms with van der Waals surface area (Å²) in [5, 5.41) is 9.70. The number of benzene rings is 3. The van der Waals surface area contributed by atoms with Crippen molar-refractivity contribution in [2.24, 2.45) is 11.7 Å². The minimum absolute atomic E-state index is 0.216. The van der Waals surface area contributed by atoms with Gasteiger partial charge in [-0.1, -0.05) is 54.6 Å². The molecule has 0 aliphatic carbocycles. The van der Waals surface area contributed by atoms with Gasteiger partial charge in [0.15, 0.2) is 0 Å². The molecule has 4 nitrogen and oxygen atoms in total. The van der Waals surface area contributed by atoms with Gasteiger partial charge in [-0.2, -0.15) is 0 Å². The second-order valence-electron chi connectivity index (χ2n) is 9.80. The minimum atomic E-state index is -0.412. The van der Waals surface area contributed by atoms with Gasteiger partial charge >= 0.3 is 0 Å². The van der Waals surface area contributed by atoms with Gasteiger partial charge in [0.05, 0.1) is 26.7 Å². The first-order valence-electron chi connectivity index (χ1n) is 12.0. The van der Waals surface area contributed by atoms with E-state index in [4.69, 9.17) is 5.73 Å². The van der Waals surface area contributed by atoms with Crippen LogP contribution < -0.4 is 5.73 Å². The number of nitrogens with zero attached hydrogens (tertiary/aromatic N) is 1. The molecule has 0 bridgehead atoms. The molecule has 1 saturated heterocycles. The van der Waals surface area contributed by atoms with E-state index in [9.17, 15) is 9.90 Å². The lowest BCUT2D eigenvalue weighted by atomic mass is 9.88. The number of carbonyl (C=O) groups is 1. The van der Waals surface area contributed by atoms with Gasteiger partial charge in [0.2, 0.25) is 5.91 Å². The SMILES string of the molecule is C[N@+]1(CCCCc2ccccc2)CCC(Cc2cccc(C(N)=O)c2-c2ccc(O)cc2)C1. The first-order chi connectivity index (χ1) is 15.9. The largest absolute Gasteiger partial charge is 0.508 e. The predicted molar refractivity (Wildman–Crippen MR) is 134 cm³/mol. The average Bonchev–Trinajstić information content (AvgIpc) is 3.18. The fourth-order valence-corrected chi connectivity index (χ4v) is 5.39. The Morgan fingerprint density at radius 1 is 1.00 bits per heavy atom. The van der Waals surface area contributed by atoms with Crippen LogP contribution in [0.3, 0.4) is 0 Å². The van der Waals surface area contributed by atoms with E-state index in [1.165, 1.54) is 50.0 Å². The Labute approximate surface area is 197 Å². The van der Waals surface area contributed by atoms with E-state index in [0.29, 0.717) is 11.5 Å². The van der Waals surface area contributed by atoms with Crippen molar-refractivity contribution in [3.8, 4) is 16.9 Å². The molecule has 1 unspecified atom stereocenters. The fraction of sp³-hybridized carbons (Fsp3) is 0.345. The quantitative estimate of drug-likeness (QED) is 0.353. The van der Waals surface area contributed by atoms with E-state index in [-0.39, 0.29) is 5.75 Å². The Morgan fingerprint density at radius 3 is 2.48 bits per heavy atom. The van der Waals surface area contributed by atoms with Crippen LogP contribution >= 0.6 is 0 Å². The predicted octanol–water partition coefficient (Wildman–Crippen LogP) is 5.19. The van der Waals surface area contributed by atoms with Crippen LogP contribution in [0, 0.1) is 5.92 Å². The van der Waals surface area contributed by atoms with Crippen molar-refractivity contribution in [2.75, 3.05) is 26.7 Å². The molecule has 172 valence electrons. The van der Waals surface area contributed by atoms with Crippen molar-refractivity contribution < 1.29 is 14.4 Å². The summed E-state index contributed by atoms with van der Waals surface area (Å²) >= 11 is 0. The van der Waals surface area contributed by atoms with E-state index in [1.54, 1.807) is 18.2 Å². The Balaban J connectivity index is 1.41. The summed E-state index contributed by atoms with van der Waals surface area (Å²) in [4.78, 5) is 12.2. The molecule has 33 heavy (non-hydrogen) atoms. The molecule has 1 amide bonds. The van der Waals surface area contributed by atoms with Crippen LogP contribution in [0.4, 0.5) is 0 Å². The maximum absolute atomic E-state index is 12.2. The first-order valence-corrected chi connectivity index (χ1v) is 12.0. The number of hydrogen-bond donors (Lipinski definition) is 2. The van der Waals surface area contributed by atoms with Gasteiger partial charge in [-0.15, -0.1) is 0 Å². The zero-order chi connectivity index (χ0) is 23.3. The van der Waals surface area contributed by atoms with E-state index >= 15 is 0 Å². The van der Waals surface area contributed by atoms with Gasteiger partial charge in [0.25, 0.3) is 0 Å². The first kappa shape index (κ1) is 23.1. The summed E-state index contributed by atoms with van der Waals surface area (Å²) in [6, 6.07) is 23.7. The van der Waals surface area contributed by atoms with E-state index < -0.39 is 5.91 Å². The maximum Gasteiger partial charge on any atom is 0.249 e. The second-order valence-corrected chi connectivity index (χ2v) is 9.80. The summed E-state index contributed by atoms with van der Waals surface area (Å²) in [6.45, 7) is 3.59. The van der Waals surface area contributed by atoms with Crippen LogP contribution in [0.25, 0.3) is 11.1 Å². The number of likely N-dealkylation sites (tertiary alicyclic amines) is 1. The number of primary amides is 1. The number of quaternary nitrogens is 1. The molecule has 0 radical (unpaired) electrons. The Kier molecular flexibility index (Phi) is 7.14. The third kappa shape index (κ3) is 5.82. The summed E-state index contributed by atoms with van der Waals surface area (Å²) < 4.78 is 1.13. The number of carbonyl (C=O) groups excluding carboxylic acids is 1. The Bertz CT molecular complexity index is 1080. The summed E-state index contributed by atoms with van der Waals surface area (Å²) in [6.07, 6.45) is 5.77. The number of aromatic hydroxyl groups is 1. The fourth-order valence-electron chi connectivity index (χ4n) is 5.39. The van der Waals surface area contributed by atoms with Gasteiger partial charge in [0, 0.05) is 17.9 Å². The number of hydrogen-bond acceptors (Lipinski definition) is 2. The summed E-state index contributed by atoms with van der Waals surface area (Å²) in [7, 11) is 2.39.